The first-order valence-electron chi connectivity index (χ1n) is 12.6. The fourth-order valence-corrected chi connectivity index (χ4v) is 6.90. The highest BCUT2D eigenvalue weighted by molar-refractivity contribution is 5.90. The Labute approximate surface area is 216 Å². The first kappa shape index (κ1) is 21.8. The van der Waals surface area contributed by atoms with E-state index < -0.39 is 5.41 Å². The lowest BCUT2D eigenvalue weighted by molar-refractivity contribution is -0.384. The van der Waals surface area contributed by atoms with Gasteiger partial charge in [-0.05, 0) is 62.2 Å². The van der Waals surface area contributed by atoms with Gasteiger partial charge in [0.25, 0.3) is 5.69 Å². The Morgan fingerprint density at radius 1 is 0.541 bits per heavy atom. The first-order chi connectivity index (χ1) is 18.0. The van der Waals surface area contributed by atoms with Crippen molar-refractivity contribution in [2.75, 3.05) is 0 Å². The number of fused-ring (bicyclic) bond motifs is 9. The molecular weight excluding hydrogens is 454 g/mol. The zero-order valence-electron chi connectivity index (χ0n) is 20.7. The van der Waals surface area contributed by atoms with E-state index >= 15 is 0 Å². The highest BCUT2D eigenvalue weighted by Crippen LogP contribution is 2.62. The SMILES string of the molecule is CC1(C)c2ccccc2C2(c3ccccc3-c3ccc(-c4ccccc4[N+](=O)[O-])cc32)c2ccccc21. The molecule has 7 rings (SSSR count). The zero-order chi connectivity index (χ0) is 25.4. The molecule has 0 radical (unpaired) electrons. The highest BCUT2D eigenvalue weighted by Gasteiger charge is 2.53. The van der Waals surface area contributed by atoms with Crippen LogP contribution in [0.3, 0.4) is 0 Å². The molecule has 37 heavy (non-hydrogen) atoms. The van der Waals surface area contributed by atoms with Crippen LogP contribution in [0.4, 0.5) is 5.69 Å². The third-order valence-corrected chi connectivity index (χ3v) is 8.47. The number of rotatable bonds is 2. The van der Waals surface area contributed by atoms with Crippen molar-refractivity contribution < 1.29 is 4.92 Å². The molecule has 1 spiro atoms. The van der Waals surface area contributed by atoms with Gasteiger partial charge in [-0.2, -0.15) is 0 Å². The van der Waals surface area contributed by atoms with Crippen LogP contribution in [0.2, 0.25) is 0 Å². The van der Waals surface area contributed by atoms with Crippen molar-refractivity contribution in [2.45, 2.75) is 24.7 Å². The maximum absolute atomic E-state index is 11.9. The lowest BCUT2D eigenvalue weighted by atomic mass is 9.55. The summed E-state index contributed by atoms with van der Waals surface area (Å²) in [6.45, 7) is 4.62. The summed E-state index contributed by atoms with van der Waals surface area (Å²) >= 11 is 0. The maximum atomic E-state index is 11.9. The number of nitrogens with zero attached hydrogens (tertiary/aromatic N) is 1. The van der Waals surface area contributed by atoms with Gasteiger partial charge in [0.1, 0.15) is 0 Å². The van der Waals surface area contributed by atoms with Crippen molar-refractivity contribution in [3.05, 3.63) is 159 Å². The monoisotopic (exact) mass is 479 g/mol. The van der Waals surface area contributed by atoms with Gasteiger partial charge in [-0.15, -0.1) is 0 Å². The third kappa shape index (κ3) is 2.71. The number of hydrogen-bond donors (Lipinski definition) is 0. The Balaban J connectivity index is 1.64. The fraction of sp³-hybridized carbons (Fsp3) is 0.118. The standard InChI is InChI=1S/C34H25NO2/c1-33(2)27-14-6-8-16-29(27)34(30-17-9-7-15-28(30)33)26-13-5-3-12-24(26)25-20-19-22(21-31(25)34)23-11-4-10-18-32(23)35(36)37/h3-21H,1-2H3. The van der Waals surface area contributed by atoms with Crippen molar-refractivity contribution in [3.8, 4) is 22.3 Å². The van der Waals surface area contributed by atoms with Crippen LogP contribution < -0.4 is 0 Å². The fourth-order valence-electron chi connectivity index (χ4n) is 6.90. The number of nitro benzene ring substituents is 1. The highest BCUT2D eigenvalue weighted by atomic mass is 16.6. The average Bonchev–Trinajstić information content (AvgIpc) is 3.22. The van der Waals surface area contributed by atoms with Crippen LogP contribution in [0.1, 0.15) is 47.2 Å². The molecule has 0 saturated carbocycles. The van der Waals surface area contributed by atoms with Crippen molar-refractivity contribution >= 4 is 5.69 Å². The van der Waals surface area contributed by atoms with Gasteiger partial charge in [-0.25, -0.2) is 0 Å². The maximum Gasteiger partial charge on any atom is 0.277 e. The van der Waals surface area contributed by atoms with E-state index in [0.29, 0.717) is 5.56 Å². The van der Waals surface area contributed by atoms with Gasteiger partial charge in [0.15, 0.2) is 0 Å². The van der Waals surface area contributed by atoms with Crippen LogP contribution in [-0.4, -0.2) is 4.92 Å². The Morgan fingerprint density at radius 3 is 1.65 bits per heavy atom. The minimum atomic E-state index is -0.506. The molecule has 3 nitrogen and oxygen atoms in total. The Morgan fingerprint density at radius 2 is 1.03 bits per heavy atom. The molecule has 5 aromatic carbocycles. The summed E-state index contributed by atoms with van der Waals surface area (Å²) in [4.78, 5) is 11.6. The van der Waals surface area contributed by atoms with E-state index in [9.17, 15) is 10.1 Å². The molecule has 178 valence electrons. The van der Waals surface area contributed by atoms with E-state index in [-0.39, 0.29) is 16.0 Å². The van der Waals surface area contributed by atoms with Gasteiger partial charge < -0.3 is 0 Å². The molecule has 0 aliphatic heterocycles. The van der Waals surface area contributed by atoms with Crippen LogP contribution in [-0.2, 0) is 10.8 Å². The van der Waals surface area contributed by atoms with E-state index in [1.165, 1.54) is 44.5 Å². The summed E-state index contributed by atoms with van der Waals surface area (Å²) < 4.78 is 0. The molecule has 0 fully saturated rings. The minimum Gasteiger partial charge on any atom is -0.258 e. The predicted molar refractivity (Wildman–Crippen MR) is 148 cm³/mol. The van der Waals surface area contributed by atoms with Gasteiger partial charge in [0, 0.05) is 11.5 Å². The molecule has 0 unspecified atom stereocenters. The molecule has 0 N–H and O–H groups in total. The van der Waals surface area contributed by atoms with Gasteiger partial charge in [-0.3, -0.25) is 10.1 Å². The quantitative estimate of drug-likeness (QED) is 0.185. The van der Waals surface area contributed by atoms with Crippen molar-refractivity contribution in [3.63, 3.8) is 0 Å². The summed E-state index contributed by atoms with van der Waals surface area (Å²) in [6, 6.07) is 39.7. The minimum absolute atomic E-state index is 0.123. The molecule has 0 amide bonds. The number of nitro groups is 1. The summed E-state index contributed by atoms with van der Waals surface area (Å²) in [6.07, 6.45) is 0. The van der Waals surface area contributed by atoms with E-state index in [0.717, 1.165) is 5.56 Å². The van der Waals surface area contributed by atoms with Crippen molar-refractivity contribution in [1.29, 1.82) is 0 Å². The third-order valence-electron chi connectivity index (χ3n) is 8.47. The van der Waals surface area contributed by atoms with Gasteiger partial charge in [0.05, 0.1) is 15.9 Å². The second kappa shape index (κ2) is 7.50. The predicted octanol–water partition coefficient (Wildman–Crippen LogP) is 8.26. The summed E-state index contributed by atoms with van der Waals surface area (Å²) in [5, 5.41) is 11.9. The topological polar surface area (TPSA) is 43.1 Å². The van der Waals surface area contributed by atoms with E-state index in [4.69, 9.17) is 0 Å². The van der Waals surface area contributed by atoms with Gasteiger partial charge in [-0.1, -0.05) is 111 Å². The summed E-state index contributed by atoms with van der Waals surface area (Å²) in [5.41, 5.74) is 11.0. The van der Waals surface area contributed by atoms with Gasteiger partial charge >= 0.3 is 0 Å². The van der Waals surface area contributed by atoms with Gasteiger partial charge in [0.2, 0.25) is 0 Å². The molecule has 2 aliphatic rings. The zero-order valence-corrected chi connectivity index (χ0v) is 20.7. The van der Waals surface area contributed by atoms with Crippen molar-refractivity contribution in [2.24, 2.45) is 0 Å². The summed E-state index contributed by atoms with van der Waals surface area (Å²) in [5.74, 6) is 0. The summed E-state index contributed by atoms with van der Waals surface area (Å²) in [7, 11) is 0. The molecule has 0 atom stereocenters. The molecule has 0 saturated heterocycles. The second-order valence-corrected chi connectivity index (χ2v) is 10.5. The van der Waals surface area contributed by atoms with Crippen LogP contribution in [0, 0.1) is 10.1 Å². The van der Waals surface area contributed by atoms with Crippen LogP contribution in [0.5, 0.6) is 0 Å². The molecule has 0 aromatic heterocycles. The number of hydrogen-bond acceptors (Lipinski definition) is 2. The van der Waals surface area contributed by atoms with E-state index in [2.05, 4.69) is 98.8 Å². The normalized spacial score (nSPS) is 15.4. The van der Waals surface area contributed by atoms with Crippen LogP contribution in [0.15, 0.2) is 115 Å². The lowest BCUT2D eigenvalue weighted by Crippen LogP contribution is -2.40. The molecule has 3 heteroatoms. The Bertz CT molecular complexity index is 1700. The Kier molecular flexibility index (Phi) is 4.41. The molecule has 2 aliphatic carbocycles. The molecule has 5 aromatic rings. The smallest absolute Gasteiger partial charge is 0.258 e. The second-order valence-electron chi connectivity index (χ2n) is 10.5. The largest absolute Gasteiger partial charge is 0.277 e. The van der Waals surface area contributed by atoms with E-state index in [1.807, 2.05) is 18.2 Å². The number of para-hydroxylation sites is 1. The van der Waals surface area contributed by atoms with E-state index in [1.54, 1.807) is 12.1 Å². The lowest BCUT2D eigenvalue weighted by Gasteiger charge is -2.46. The first-order valence-corrected chi connectivity index (χ1v) is 12.6. The Hall–Kier alpha value is -4.50. The molecular formula is C34H25NO2. The van der Waals surface area contributed by atoms with Crippen LogP contribution >= 0.6 is 0 Å². The number of benzene rings is 5. The molecule has 0 heterocycles. The van der Waals surface area contributed by atoms with Crippen LogP contribution in [0.25, 0.3) is 22.3 Å². The molecule has 0 bridgehead atoms. The average molecular weight is 480 g/mol. The van der Waals surface area contributed by atoms with Crippen molar-refractivity contribution in [1.82, 2.24) is 0 Å².